The number of phenols is 1. The van der Waals surface area contributed by atoms with Crippen molar-refractivity contribution in [3.63, 3.8) is 0 Å². The number of rotatable bonds is 3. The molecule has 22 heavy (non-hydrogen) atoms. The van der Waals surface area contributed by atoms with Crippen molar-refractivity contribution in [3.8, 4) is 11.5 Å². The van der Waals surface area contributed by atoms with Crippen molar-refractivity contribution in [2.45, 2.75) is 0 Å². The van der Waals surface area contributed by atoms with Crippen molar-refractivity contribution in [2.75, 3.05) is 23.4 Å². The molecule has 2 aromatic rings. The fourth-order valence-corrected chi connectivity index (χ4v) is 2.26. The molecule has 0 saturated heterocycles. The van der Waals surface area contributed by atoms with Crippen molar-refractivity contribution in [1.82, 2.24) is 0 Å². The third-order valence-electron chi connectivity index (χ3n) is 3.24. The minimum atomic E-state index is -0.351. The van der Waals surface area contributed by atoms with Crippen molar-refractivity contribution < 1.29 is 19.4 Å². The number of ether oxygens (including phenoxy) is 1. The van der Waals surface area contributed by atoms with Crippen molar-refractivity contribution in [2.24, 2.45) is 0 Å². The molecule has 112 valence electrons. The number of carbonyl (C=O) groups is 2. The van der Waals surface area contributed by atoms with Gasteiger partial charge in [-0.25, -0.2) is 0 Å². The van der Waals surface area contributed by atoms with E-state index in [1.165, 1.54) is 17.0 Å². The lowest BCUT2D eigenvalue weighted by atomic mass is 10.2. The Balaban J connectivity index is 1.75. The highest BCUT2D eigenvalue weighted by Crippen LogP contribution is 2.31. The molecule has 0 radical (unpaired) electrons. The van der Waals surface area contributed by atoms with Gasteiger partial charge in [-0.2, -0.15) is 0 Å². The topological polar surface area (TPSA) is 78.9 Å². The fraction of sp³-hybridized carbons (Fsp3) is 0.125. The largest absolute Gasteiger partial charge is 0.508 e. The fourth-order valence-electron chi connectivity index (χ4n) is 2.26. The number of benzene rings is 2. The number of fused-ring (bicyclic) bond motifs is 1. The third kappa shape index (κ3) is 2.85. The van der Waals surface area contributed by atoms with Gasteiger partial charge in [0.15, 0.2) is 6.61 Å². The van der Waals surface area contributed by atoms with E-state index in [4.69, 9.17) is 4.74 Å². The summed E-state index contributed by atoms with van der Waals surface area (Å²) in [4.78, 5) is 25.5. The van der Waals surface area contributed by atoms with Crippen LogP contribution < -0.4 is 15.0 Å². The molecule has 0 fully saturated rings. The van der Waals surface area contributed by atoms with Gasteiger partial charge in [0, 0.05) is 11.8 Å². The second-order valence-electron chi connectivity index (χ2n) is 4.83. The van der Waals surface area contributed by atoms with Gasteiger partial charge in [0.05, 0.1) is 5.69 Å². The van der Waals surface area contributed by atoms with Gasteiger partial charge in [-0.3, -0.25) is 14.5 Å². The normalized spacial score (nSPS) is 13.3. The van der Waals surface area contributed by atoms with E-state index in [2.05, 4.69) is 5.32 Å². The van der Waals surface area contributed by atoms with E-state index in [1.54, 1.807) is 36.4 Å². The van der Waals surface area contributed by atoms with Crippen LogP contribution in [0.25, 0.3) is 0 Å². The summed E-state index contributed by atoms with van der Waals surface area (Å²) in [6.07, 6.45) is 0. The minimum absolute atomic E-state index is 0.0607. The lowest BCUT2D eigenvalue weighted by Gasteiger charge is -2.28. The van der Waals surface area contributed by atoms with E-state index in [9.17, 15) is 14.7 Å². The number of amides is 2. The number of para-hydroxylation sites is 2. The second kappa shape index (κ2) is 5.77. The van der Waals surface area contributed by atoms with Gasteiger partial charge in [0.25, 0.3) is 5.91 Å². The number of phenolic OH excluding ortho intramolecular Hbond substituents is 1. The Morgan fingerprint density at radius 2 is 2.05 bits per heavy atom. The molecule has 0 spiro atoms. The average Bonchev–Trinajstić information content (AvgIpc) is 2.50. The number of carbonyl (C=O) groups excluding carboxylic acids is 2. The van der Waals surface area contributed by atoms with Crippen LogP contribution in [-0.4, -0.2) is 30.1 Å². The van der Waals surface area contributed by atoms with Crippen molar-refractivity contribution >= 4 is 23.2 Å². The van der Waals surface area contributed by atoms with Crippen LogP contribution >= 0.6 is 0 Å². The Morgan fingerprint density at radius 3 is 2.86 bits per heavy atom. The highest BCUT2D eigenvalue weighted by atomic mass is 16.5. The first-order valence-electron chi connectivity index (χ1n) is 6.74. The van der Waals surface area contributed by atoms with Crippen LogP contribution in [0.2, 0.25) is 0 Å². The molecule has 0 aliphatic carbocycles. The summed E-state index contributed by atoms with van der Waals surface area (Å²) in [7, 11) is 0. The Labute approximate surface area is 126 Å². The summed E-state index contributed by atoms with van der Waals surface area (Å²) in [5.74, 6) is 0.0123. The van der Waals surface area contributed by atoms with E-state index >= 15 is 0 Å². The zero-order chi connectivity index (χ0) is 15.5. The Hall–Kier alpha value is -3.02. The molecule has 2 amide bonds. The predicted octanol–water partition coefficient (Wildman–Crippen LogP) is 1.76. The molecule has 0 saturated carbocycles. The van der Waals surface area contributed by atoms with Gasteiger partial charge in [-0.15, -0.1) is 0 Å². The number of hydrogen-bond acceptors (Lipinski definition) is 4. The lowest BCUT2D eigenvalue weighted by molar-refractivity contribution is -0.123. The first-order chi connectivity index (χ1) is 10.6. The zero-order valence-electron chi connectivity index (χ0n) is 11.7. The number of hydrogen-bond donors (Lipinski definition) is 2. The van der Waals surface area contributed by atoms with E-state index < -0.39 is 0 Å². The summed E-state index contributed by atoms with van der Waals surface area (Å²) < 4.78 is 5.33. The number of nitrogens with zero attached hydrogens (tertiary/aromatic N) is 1. The van der Waals surface area contributed by atoms with Crippen LogP contribution in [0.5, 0.6) is 11.5 Å². The van der Waals surface area contributed by atoms with Gasteiger partial charge < -0.3 is 15.2 Å². The van der Waals surface area contributed by atoms with Crippen LogP contribution in [-0.2, 0) is 9.59 Å². The standard InChI is InChI=1S/C16H14N2O4/c19-12-5-3-4-11(8-12)17-15(20)9-18-13-6-1-2-7-14(13)22-10-16(18)21/h1-8,19H,9-10H2,(H,17,20). The number of nitrogens with one attached hydrogen (secondary N) is 1. The summed E-state index contributed by atoms with van der Waals surface area (Å²) in [5, 5.41) is 12.0. The third-order valence-corrected chi connectivity index (χ3v) is 3.24. The second-order valence-corrected chi connectivity index (χ2v) is 4.83. The molecule has 3 rings (SSSR count). The predicted molar refractivity (Wildman–Crippen MR) is 81.0 cm³/mol. The van der Waals surface area contributed by atoms with Gasteiger partial charge >= 0.3 is 0 Å². The molecular weight excluding hydrogens is 284 g/mol. The smallest absolute Gasteiger partial charge is 0.265 e. The first-order valence-corrected chi connectivity index (χ1v) is 6.74. The molecule has 6 heteroatoms. The summed E-state index contributed by atoms with van der Waals surface area (Å²) in [6, 6.07) is 13.3. The maximum Gasteiger partial charge on any atom is 0.265 e. The van der Waals surface area contributed by atoms with Gasteiger partial charge in [-0.1, -0.05) is 18.2 Å². The van der Waals surface area contributed by atoms with Gasteiger partial charge in [-0.05, 0) is 24.3 Å². The van der Waals surface area contributed by atoms with E-state index in [0.29, 0.717) is 17.1 Å². The molecule has 0 aromatic heterocycles. The average molecular weight is 298 g/mol. The molecule has 1 heterocycles. The maximum absolute atomic E-state index is 12.1. The first kappa shape index (κ1) is 13.9. The van der Waals surface area contributed by atoms with Crippen molar-refractivity contribution in [1.29, 1.82) is 0 Å². The maximum atomic E-state index is 12.1. The summed E-state index contributed by atoms with van der Waals surface area (Å²) in [6.45, 7) is -0.203. The van der Waals surface area contributed by atoms with Crippen LogP contribution in [0, 0.1) is 0 Å². The molecule has 0 atom stereocenters. The lowest BCUT2D eigenvalue weighted by Crippen LogP contribution is -2.43. The van der Waals surface area contributed by atoms with Crippen molar-refractivity contribution in [3.05, 3.63) is 48.5 Å². The van der Waals surface area contributed by atoms with Crippen LogP contribution in [0.15, 0.2) is 48.5 Å². The minimum Gasteiger partial charge on any atom is -0.508 e. The molecule has 2 N–H and O–H groups in total. The number of anilines is 2. The Kier molecular flexibility index (Phi) is 3.65. The molecule has 0 bridgehead atoms. The molecule has 1 aliphatic heterocycles. The van der Waals surface area contributed by atoms with E-state index in [-0.39, 0.29) is 30.7 Å². The molecular formula is C16H14N2O4. The van der Waals surface area contributed by atoms with E-state index in [0.717, 1.165) is 0 Å². The molecule has 2 aromatic carbocycles. The molecule has 1 aliphatic rings. The monoisotopic (exact) mass is 298 g/mol. The molecule has 6 nitrogen and oxygen atoms in total. The van der Waals surface area contributed by atoms with Crippen LogP contribution in [0.3, 0.4) is 0 Å². The highest BCUT2D eigenvalue weighted by molar-refractivity contribution is 6.04. The Morgan fingerprint density at radius 1 is 1.23 bits per heavy atom. The zero-order valence-corrected chi connectivity index (χ0v) is 11.7. The Bertz CT molecular complexity index is 730. The SMILES string of the molecule is O=C(CN1C(=O)COc2ccccc21)Nc1cccc(O)c1. The highest BCUT2D eigenvalue weighted by Gasteiger charge is 2.26. The van der Waals surface area contributed by atoms with E-state index in [1.807, 2.05) is 0 Å². The quantitative estimate of drug-likeness (QED) is 0.905. The summed E-state index contributed by atoms with van der Waals surface area (Å²) in [5.41, 5.74) is 1.05. The number of aromatic hydroxyl groups is 1. The molecule has 0 unspecified atom stereocenters. The van der Waals surface area contributed by atoms with Crippen LogP contribution in [0.4, 0.5) is 11.4 Å². The van der Waals surface area contributed by atoms with Crippen LogP contribution in [0.1, 0.15) is 0 Å². The van der Waals surface area contributed by atoms with Gasteiger partial charge in [0.1, 0.15) is 18.0 Å². The summed E-state index contributed by atoms with van der Waals surface area (Å²) >= 11 is 0. The van der Waals surface area contributed by atoms with Gasteiger partial charge in [0.2, 0.25) is 5.91 Å².